The maximum Gasteiger partial charge on any atom is 0.0494 e. The van der Waals surface area contributed by atoms with Gasteiger partial charge in [0.1, 0.15) is 0 Å². The molecule has 0 radical (unpaired) electrons. The summed E-state index contributed by atoms with van der Waals surface area (Å²) in [6.45, 7) is 0.986. The zero-order chi connectivity index (χ0) is 6.69. The number of hydrogen-bond acceptors (Lipinski definition) is 2. The van der Waals surface area contributed by atoms with E-state index in [1.807, 2.05) is 0 Å². The average molecular weight is 127 g/mol. The van der Waals surface area contributed by atoms with E-state index in [0.717, 1.165) is 6.42 Å². The summed E-state index contributed by atoms with van der Waals surface area (Å²) >= 11 is 0. The van der Waals surface area contributed by atoms with Crippen LogP contribution in [0.2, 0.25) is 0 Å². The number of nitrogens with two attached hydrogens (primary N) is 1. The van der Waals surface area contributed by atoms with Crippen LogP contribution in [-0.4, -0.2) is 18.3 Å². The van der Waals surface area contributed by atoms with Crippen molar-refractivity contribution in [3.05, 3.63) is 12.2 Å². The van der Waals surface area contributed by atoms with E-state index >= 15 is 0 Å². The van der Waals surface area contributed by atoms with Gasteiger partial charge in [0.05, 0.1) is 0 Å². The van der Waals surface area contributed by atoms with E-state index in [2.05, 4.69) is 12.2 Å². The van der Waals surface area contributed by atoms with Gasteiger partial charge in [-0.2, -0.15) is 0 Å². The van der Waals surface area contributed by atoms with Crippen LogP contribution in [-0.2, 0) is 0 Å². The second-order valence-electron chi connectivity index (χ2n) is 2.56. The van der Waals surface area contributed by atoms with Crippen LogP contribution in [0.3, 0.4) is 0 Å². The molecule has 3 N–H and O–H groups in total. The summed E-state index contributed by atoms with van der Waals surface area (Å²) in [7, 11) is 0. The number of aliphatic hydroxyl groups excluding tert-OH is 1. The van der Waals surface area contributed by atoms with Gasteiger partial charge in [0.2, 0.25) is 0 Å². The summed E-state index contributed by atoms with van der Waals surface area (Å²) in [5.74, 6) is 0.890. The second-order valence-corrected chi connectivity index (χ2v) is 2.56. The minimum Gasteiger partial charge on any atom is -0.396 e. The molecule has 2 heteroatoms. The lowest BCUT2D eigenvalue weighted by atomic mass is 10.0. The van der Waals surface area contributed by atoms with Crippen molar-refractivity contribution < 1.29 is 5.11 Å². The van der Waals surface area contributed by atoms with E-state index < -0.39 is 0 Å². The fourth-order valence-electron chi connectivity index (χ4n) is 1.17. The standard InChI is InChI=1S/C7H13NO/c8-4-6-1-2-7(3-6)5-9/h1-2,6-7,9H,3-5,8H2/t6-,7+/m0/s1. The molecule has 1 aliphatic carbocycles. The van der Waals surface area contributed by atoms with Gasteiger partial charge in [-0.05, 0) is 18.9 Å². The minimum atomic E-state index is 0.271. The molecule has 0 saturated carbocycles. The third-order valence-corrected chi connectivity index (χ3v) is 1.80. The normalized spacial score (nSPS) is 33.6. The first-order chi connectivity index (χ1) is 4.36. The highest BCUT2D eigenvalue weighted by atomic mass is 16.3. The summed E-state index contributed by atoms with van der Waals surface area (Å²) in [5, 5.41) is 8.69. The first-order valence-electron chi connectivity index (χ1n) is 3.36. The molecular weight excluding hydrogens is 114 g/mol. The van der Waals surface area contributed by atoms with Crippen molar-refractivity contribution in [1.82, 2.24) is 0 Å². The van der Waals surface area contributed by atoms with Crippen molar-refractivity contribution in [2.24, 2.45) is 17.6 Å². The monoisotopic (exact) mass is 127 g/mol. The number of aliphatic hydroxyl groups is 1. The highest BCUT2D eigenvalue weighted by Crippen LogP contribution is 2.21. The van der Waals surface area contributed by atoms with Crippen molar-refractivity contribution in [2.75, 3.05) is 13.2 Å². The van der Waals surface area contributed by atoms with E-state index in [-0.39, 0.29) is 6.61 Å². The van der Waals surface area contributed by atoms with Crippen molar-refractivity contribution in [3.63, 3.8) is 0 Å². The van der Waals surface area contributed by atoms with Gasteiger partial charge in [-0.15, -0.1) is 0 Å². The van der Waals surface area contributed by atoms with Crippen LogP contribution in [0.25, 0.3) is 0 Å². The lowest BCUT2D eigenvalue weighted by Gasteiger charge is -2.05. The Morgan fingerprint density at radius 1 is 1.44 bits per heavy atom. The molecule has 1 rings (SSSR count). The van der Waals surface area contributed by atoms with Crippen molar-refractivity contribution in [1.29, 1.82) is 0 Å². The molecule has 0 heterocycles. The molecule has 52 valence electrons. The topological polar surface area (TPSA) is 46.2 Å². The molecule has 2 nitrogen and oxygen atoms in total. The van der Waals surface area contributed by atoms with Crippen LogP contribution < -0.4 is 5.73 Å². The van der Waals surface area contributed by atoms with Gasteiger partial charge >= 0.3 is 0 Å². The van der Waals surface area contributed by atoms with Gasteiger partial charge in [-0.25, -0.2) is 0 Å². The largest absolute Gasteiger partial charge is 0.396 e. The fourth-order valence-corrected chi connectivity index (χ4v) is 1.17. The molecule has 1 aliphatic rings. The Morgan fingerprint density at radius 3 is 2.44 bits per heavy atom. The summed E-state index contributed by atoms with van der Waals surface area (Å²) in [5.41, 5.74) is 5.42. The van der Waals surface area contributed by atoms with Crippen LogP contribution >= 0.6 is 0 Å². The first-order valence-corrected chi connectivity index (χ1v) is 3.36. The molecule has 0 aliphatic heterocycles. The third-order valence-electron chi connectivity index (χ3n) is 1.80. The van der Waals surface area contributed by atoms with Crippen molar-refractivity contribution in [3.8, 4) is 0 Å². The lowest BCUT2D eigenvalue weighted by Crippen LogP contribution is -2.11. The summed E-state index contributed by atoms with van der Waals surface area (Å²) in [6, 6.07) is 0. The molecule has 2 atom stereocenters. The van der Waals surface area contributed by atoms with Gasteiger partial charge in [-0.3, -0.25) is 0 Å². The van der Waals surface area contributed by atoms with Gasteiger partial charge in [0.15, 0.2) is 0 Å². The van der Waals surface area contributed by atoms with Crippen LogP contribution in [0, 0.1) is 11.8 Å². The van der Waals surface area contributed by atoms with Crippen LogP contribution in [0.1, 0.15) is 6.42 Å². The summed E-state index contributed by atoms with van der Waals surface area (Å²) < 4.78 is 0. The van der Waals surface area contributed by atoms with Crippen molar-refractivity contribution >= 4 is 0 Å². The Balaban J connectivity index is 2.31. The van der Waals surface area contributed by atoms with E-state index in [1.165, 1.54) is 0 Å². The molecular formula is C7H13NO. The Hall–Kier alpha value is -0.340. The Bertz CT molecular complexity index is 99.5. The molecule has 0 aromatic rings. The molecule has 0 spiro atoms. The molecule has 0 bridgehead atoms. The van der Waals surface area contributed by atoms with E-state index in [0.29, 0.717) is 18.4 Å². The zero-order valence-corrected chi connectivity index (χ0v) is 5.46. The van der Waals surface area contributed by atoms with Crippen LogP contribution in [0.4, 0.5) is 0 Å². The van der Waals surface area contributed by atoms with Crippen molar-refractivity contribution in [2.45, 2.75) is 6.42 Å². The molecule has 9 heavy (non-hydrogen) atoms. The molecule has 0 fully saturated rings. The Kier molecular flexibility index (Phi) is 2.25. The smallest absolute Gasteiger partial charge is 0.0494 e. The minimum absolute atomic E-state index is 0.271. The predicted molar refractivity (Wildman–Crippen MR) is 36.9 cm³/mol. The van der Waals surface area contributed by atoms with E-state index in [9.17, 15) is 0 Å². The van der Waals surface area contributed by atoms with Crippen LogP contribution in [0.15, 0.2) is 12.2 Å². The molecule has 0 amide bonds. The number of rotatable bonds is 2. The highest BCUT2D eigenvalue weighted by Gasteiger charge is 2.15. The van der Waals surface area contributed by atoms with Gasteiger partial charge in [0, 0.05) is 12.5 Å². The van der Waals surface area contributed by atoms with E-state index in [1.54, 1.807) is 0 Å². The molecule has 0 aromatic heterocycles. The van der Waals surface area contributed by atoms with Gasteiger partial charge in [-0.1, -0.05) is 12.2 Å². The van der Waals surface area contributed by atoms with Gasteiger partial charge in [0.25, 0.3) is 0 Å². The first kappa shape index (κ1) is 6.78. The zero-order valence-electron chi connectivity index (χ0n) is 5.46. The number of hydrogen-bond donors (Lipinski definition) is 2. The Labute approximate surface area is 55.4 Å². The van der Waals surface area contributed by atoms with Gasteiger partial charge < -0.3 is 10.8 Å². The fraction of sp³-hybridized carbons (Fsp3) is 0.714. The quantitative estimate of drug-likeness (QED) is 0.518. The average Bonchev–Trinajstić information content (AvgIpc) is 2.34. The SMILES string of the molecule is NC[C@H]1C=C[C@@H](CO)C1. The third kappa shape index (κ3) is 1.53. The summed E-state index contributed by atoms with van der Waals surface area (Å²) in [6.07, 6.45) is 5.19. The Morgan fingerprint density at radius 2 is 2.11 bits per heavy atom. The lowest BCUT2D eigenvalue weighted by molar-refractivity contribution is 0.245. The molecule has 0 saturated heterocycles. The van der Waals surface area contributed by atoms with E-state index in [4.69, 9.17) is 10.8 Å². The second kappa shape index (κ2) is 2.99. The predicted octanol–water partition coefficient (Wildman–Crippen LogP) is 0.130. The molecule has 0 unspecified atom stereocenters. The summed E-state index contributed by atoms with van der Waals surface area (Å²) in [4.78, 5) is 0. The highest BCUT2D eigenvalue weighted by molar-refractivity contribution is 5.01. The van der Waals surface area contributed by atoms with Crippen LogP contribution in [0.5, 0.6) is 0 Å². The molecule has 0 aromatic carbocycles. The maximum atomic E-state index is 8.69. The maximum absolute atomic E-state index is 8.69.